The van der Waals surface area contributed by atoms with Gasteiger partial charge in [-0.1, -0.05) is 356 Å². The van der Waals surface area contributed by atoms with Gasteiger partial charge in [-0.15, -0.1) is 0 Å². The van der Waals surface area contributed by atoms with Gasteiger partial charge in [-0.05, 0) is 37.5 Å². The SMILES string of the molecule is CCCCCCCCCCC(=O)O[C@H](COC(=O)CCCCCCCCC)COP(=O)(O)OC[C@H](O)COP(=O)(O)OC[C@@H](COC(=O)CCCCCCCCCCCCCCCCCCCCC(C)C)OC(=O)CCCCCCCCCCCCCCCCCCCCC(C)C. The second-order valence-electron chi connectivity index (χ2n) is 29.1. The van der Waals surface area contributed by atoms with Crippen molar-refractivity contribution in [2.24, 2.45) is 11.8 Å². The van der Waals surface area contributed by atoms with E-state index in [0.29, 0.717) is 25.7 Å². The third kappa shape index (κ3) is 72.2. The number of unbranched alkanes of at least 4 members (excludes halogenated alkanes) is 47. The Morgan fingerprint density at radius 3 is 0.701 bits per heavy atom. The largest absolute Gasteiger partial charge is 0.472 e. The highest BCUT2D eigenvalue weighted by Gasteiger charge is 2.30. The number of rotatable bonds is 77. The summed E-state index contributed by atoms with van der Waals surface area (Å²) in [6, 6.07) is 0. The molecule has 0 aliphatic heterocycles. The molecule has 19 heteroatoms. The van der Waals surface area contributed by atoms with Crippen LogP contribution < -0.4 is 0 Å². The molecule has 576 valence electrons. The first kappa shape index (κ1) is 95.1. The number of esters is 4. The zero-order valence-electron chi connectivity index (χ0n) is 63.4. The maximum atomic E-state index is 13.1. The van der Waals surface area contributed by atoms with E-state index in [1.54, 1.807) is 0 Å². The third-order valence-corrected chi connectivity index (χ3v) is 20.1. The van der Waals surface area contributed by atoms with Crippen LogP contribution in [0.25, 0.3) is 0 Å². The molecule has 5 atom stereocenters. The summed E-state index contributed by atoms with van der Waals surface area (Å²) in [5.41, 5.74) is 0. The molecule has 0 spiro atoms. The number of hydrogen-bond donors (Lipinski definition) is 3. The molecule has 0 aliphatic rings. The van der Waals surface area contributed by atoms with Crippen molar-refractivity contribution >= 4 is 39.5 Å². The molecule has 17 nitrogen and oxygen atoms in total. The monoisotopic (exact) mass is 1420 g/mol. The van der Waals surface area contributed by atoms with E-state index in [1.807, 2.05) is 0 Å². The number of carbonyl (C=O) groups excluding carboxylic acids is 4. The summed E-state index contributed by atoms with van der Waals surface area (Å²) in [6.07, 6.45) is 58.8. The van der Waals surface area contributed by atoms with Crippen molar-refractivity contribution in [3.05, 3.63) is 0 Å². The van der Waals surface area contributed by atoms with Gasteiger partial charge in [0.05, 0.1) is 26.4 Å². The summed E-state index contributed by atoms with van der Waals surface area (Å²) >= 11 is 0. The maximum Gasteiger partial charge on any atom is 0.472 e. The fourth-order valence-corrected chi connectivity index (χ4v) is 13.6. The number of phosphoric acid groups is 2. The second kappa shape index (κ2) is 69.8. The number of phosphoric ester groups is 2. The molecular weight excluding hydrogens is 1270 g/mol. The molecule has 0 amide bonds. The van der Waals surface area contributed by atoms with Gasteiger partial charge in [0.15, 0.2) is 12.2 Å². The highest BCUT2D eigenvalue weighted by atomic mass is 31.2. The minimum atomic E-state index is -4.96. The molecule has 0 aromatic carbocycles. The molecular formula is C78H152O17P2. The van der Waals surface area contributed by atoms with Crippen molar-refractivity contribution < 1.29 is 80.2 Å². The van der Waals surface area contributed by atoms with E-state index in [1.165, 1.54) is 205 Å². The highest BCUT2D eigenvalue weighted by Crippen LogP contribution is 2.45. The van der Waals surface area contributed by atoms with E-state index in [0.717, 1.165) is 121 Å². The number of hydrogen-bond acceptors (Lipinski definition) is 15. The Labute approximate surface area is 594 Å². The molecule has 0 rings (SSSR count). The van der Waals surface area contributed by atoms with Crippen molar-refractivity contribution in [3.63, 3.8) is 0 Å². The fourth-order valence-electron chi connectivity index (χ4n) is 12.0. The number of ether oxygens (including phenoxy) is 4. The van der Waals surface area contributed by atoms with Crippen LogP contribution in [-0.4, -0.2) is 96.7 Å². The molecule has 0 aromatic rings. The van der Waals surface area contributed by atoms with Crippen molar-refractivity contribution in [1.29, 1.82) is 0 Å². The van der Waals surface area contributed by atoms with Gasteiger partial charge < -0.3 is 33.8 Å². The predicted octanol–water partition coefficient (Wildman–Crippen LogP) is 23.1. The standard InChI is InChI=1S/C78H152O17P2/c1-7-9-11-13-15-43-50-56-62-77(82)94-73(66-88-75(80)60-54-48-40-14-12-10-8-2)68-92-96(84,85)90-64-72(79)65-91-97(86,87)93-69-74(95-78(83)63-57-51-45-39-35-31-27-23-19-17-21-25-29-33-37-42-47-53-59-71(5)6)67-89-76(81)61-55-49-44-38-34-30-26-22-18-16-20-24-28-32-36-41-46-52-58-70(3)4/h70-74,79H,7-69H2,1-6H3,(H,84,85)(H,86,87)/t72-,73+,74+/m0/s1. The minimum absolute atomic E-state index is 0.105. The lowest BCUT2D eigenvalue weighted by atomic mass is 10.0. The predicted molar refractivity (Wildman–Crippen MR) is 395 cm³/mol. The van der Waals surface area contributed by atoms with Crippen molar-refractivity contribution in [2.75, 3.05) is 39.6 Å². The van der Waals surface area contributed by atoms with Crippen LogP contribution in [0.5, 0.6) is 0 Å². The van der Waals surface area contributed by atoms with Crippen LogP contribution in [0.1, 0.15) is 408 Å². The second-order valence-corrected chi connectivity index (χ2v) is 32.0. The van der Waals surface area contributed by atoms with Crippen LogP contribution in [0.15, 0.2) is 0 Å². The zero-order chi connectivity index (χ0) is 71.4. The normalized spacial score (nSPS) is 14.0. The first-order chi connectivity index (χ1) is 46.9. The summed E-state index contributed by atoms with van der Waals surface area (Å²) in [4.78, 5) is 72.6. The van der Waals surface area contributed by atoms with Crippen LogP contribution in [0.4, 0.5) is 0 Å². The lowest BCUT2D eigenvalue weighted by Gasteiger charge is -2.21. The average Bonchev–Trinajstić information content (AvgIpc) is 1.47. The van der Waals surface area contributed by atoms with Crippen LogP contribution >= 0.6 is 15.6 Å². The van der Waals surface area contributed by atoms with Crippen LogP contribution in [-0.2, 0) is 65.4 Å². The summed E-state index contributed by atoms with van der Waals surface area (Å²) in [7, 11) is -9.90. The molecule has 0 fully saturated rings. The van der Waals surface area contributed by atoms with E-state index in [4.69, 9.17) is 37.0 Å². The number of aliphatic hydroxyl groups is 1. The van der Waals surface area contributed by atoms with E-state index in [9.17, 15) is 43.2 Å². The smallest absolute Gasteiger partial charge is 0.462 e. The average molecular weight is 1420 g/mol. The van der Waals surface area contributed by atoms with Crippen molar-refractivity contribution in [3.8, 4) is 0 Å². The maximum absolute atomic E-state index is 13.1. The van der Waals surface area contributed by atoms with Gasteiger partial charge in [0, 0.05) is 25.7 Å². The quantitative estimate of drug-likeness (QED) is 0.0222. The first-order valence-corrected chi connectivity index (χ1v) is 43.5. The Morgan fingerprint density at radius 1 is 0.278 bits per heavy atom. The van der Waals surface area contributed by atoms with Gasteiger partial charge in [-0.2, -0.15) is 0 Å². The van der Waals surface area contributed by atoms with E-state index in [-0.39, 0.29) is 25.7 Å². The lowest BCUT2D eigenvalue weighted by Crippen LogP contribution is -2.30. The van der Waals surface area contributed by atoms with Crippen LogP contribution in [0, 0.1) is 11.8 Å². The van der Waals surface area contributed by atoms with Gasteiger partial charge in [-0.25, -0.2) is 9.13 Å². The highest BCUT2D eigenvalue weighted by molar-refractivity contribution is 7.47. The van der Waals surface area contributed by atoms with Gasteiger partial charge in [0.25, 0.3) is 0 Å². The minimum Gasteiger partial charge on any atom is -0.462 e. The van der Waals surface area contributed by atoms with E-state index < -0.39 is 97.5 Å². The topological polar surface area (TPSA) is 237 Å². The fraction of sp³-hybridized carbons (Fsp3) is 0.949. The molecule has 0 heterocycles. The van der Waals surface area contributed by atoms with Gasteiger partial charge in [0.1, 0.15) is 19.3 Å². The van der Waals surface area contributed by atoms with E-state index >= 15 is 0 Å². The zero-order valence-corrected chi connectivity index (χ0v) is 65.2. The first-order valence-electron chi connectivity index (χ1n) is 40.5. The van der Waals surface area contributed by atoms with Crippen molar-refractivity contribution in [1.82, 2.24) is 0 Å². The Bertz CT molecular complexity index is 1870. The van der Waals surface area contributed by atoms with Crippen LogP contribution in [0.3, 0.4) is 0 Å². The molecule has 0 radical (unpaired) electrons. The molecule has 0 aromatic heterocycles. The Kier molecular flexibility index (Phi) is 68.4. The lowest BCUT2D eigenvalue weighted by molar-refractivity contribution is -0.161. The molecule has 0 saturated carbocycles. The molecule has 0 aliphatic carbocycles. The van der Waals surface area contributed by atoms with Gasteiger partial charge in [-0.3, -0.25) is 37.3 Å². The number of carbonyl (C=O) groups is 4. The number of aliphatic hydroxyl groups excluding tert-OH is 1. The summed E-state index contributed by atoms with van der Waals surface area (Å²) in [5.74, 6) is -0.478. The van der Waals surface area contributed by atoms with Crippen LogP contribution in [0.2, 0.25) is 0 Å². The Morgan fingerprint density at radius 2 is 0.474 bits per heavy atom. The van der Waals surface area contributed by atoms with Gasteiger partial charge in [0.2, 0.25) is 0 Å². The van der Waals surface area contributed by atoms with Crippen molar-refractivity contribution in [2.45, 2.75) is 426 Å². The summed E-state index contributed by atoms with van der Waals surface area (Å²) in [6.45, 7) is 9.60. The molecule has 3 N–H and O–H groups in total. The third-order valence-electron chi connectivity index (χ3n) is 18.2. The molecule has 0 bridgehead atoms. The van der Waals surface area contributed by atoms with Gasteiger partial charge >= 0.3 is 39.5 Å². The molecule has 0 saturated heterocycles. The summed E-state index contributed by atoms with van der Waals surface area (Å²) < 4.78 is 68.3. The Hall–Kier alpha value is -1.94. The van der Waals surface area contributed by atoms with E-state index in [2.05, 4.69) is 41.5 Å². The Balaban J connectivity index is 5.10. The molecule has 2 unspecified atom stereocenters. The summed E-state index contributed by atoms with van der Waals surface area (Å²) in [5, 5.41) is 10.6. The molecule has 97 heavy (non-hydrogen) atoms.